The Balaban J connectivity index is 2.76. The van der Waals surface area contributed by atoms with Crippen LogP contribution in [0.5, 0.6) is 0 Å². The summed E-state index contributed by atoms with van der Waals surface area (Å²) in [7, 11) is -2.30. The predicted molar refractivity (Wildman–Crippen MR) is 69.8 cm³/mol. The van der Waals surface area contributed by atoms with Crippen LogP contribution in [0, 0.1) is 0 Å². The molecule has 0 saturated heterocycles. The lowest BCUT2D eigenvalue weighted by molar-refractivity contribution is -0.128. The summed E-state index contributed by atoms with van der Waals surface area (Å²) in [6.07, 6.45) is 0. The molecular formula is C10H14N2O5S2. The molecule has 0 atom stereocenters. The Labute approximate surface area is 114 Å². The number of carboxylic acids is 1. The standard InChI is InChI=1S/C10H14N2O5S2/c1-3-12(2)9(13)5-11-19(16,17)7-4-8(10(14)15)18-6-7/h4,6,11H,3,5H2,1-2H3,(H,14,15). The first-order valence-corrected chi connectivity index (χ1v) is 7.69. The van der Waals surface area contributed by atoms with Crippen molar-refractivity contribution in [2.45, 2.75) is 11.8 Å². The minimum atomic E-state index is -3.86. The average Bonchev–Trinajstić information content (AvgIpc) is 2.85. The number of thiophene rings is 1. The van der Waals surface area contributed by atoms with Crippen LogP contribution in [0.3, 0.4) is 0 Å². The van der Waals surface area contributed by atoms with Gasteiger partial charge in [-0.3, -0.25) is 4.79 Å². The summed E-state index contributed by atoms with van der Waals surface area (Å²) in [6, 6.07) is 1.06. The molecule has 1 heterocycles. The average molecular weight is 306 g/mol. The molecule has 7 nitrogen and oxygen atoms in total. The number of sulfonamides is 1. The fourth-order valence-corrected chi connectivity index (χ4v) is 3.21. The smallest absolute Gasteiger partial charge is 0.345 e. The van der Waals surface area contributed by atoms with Crippen LogP contribution in [0.25, 0.3) is 0 Å². The van der Waals surface area contributed by atoms with E-state index >= 15 is 0 Å². The number of nitrogens with one attached hydrogen (secondary N) is 1. The molecule has 0 bridgehead atoms. The van der Waals surface area contributed by atoms with Gasteiger partial charge in [0, 0.05) is 19.0 Å². The maximum atomic E-state index is 11.8. The van der Waals surface area contributed by atoms with Gasteiger partial charge in [0.25, 0.3) is 0 Å². The van der Waals surface area contributed by atoms with Crippen molar-refractivity contribution in [1.82, 2.24) is 9.62 Å². The van der Waals surface area contributed by atoms with Gasteiger partial charge in [0.2, 0.25) is 15.9 Å². The zero-order valence-electron chi connectivity index (χ0n) is 10.4. The van der Waals surface area contributed by atoms with Gasteiger partial charge in [0.15, 0.2) is 0 Å². The van der Waals surface area contributed by atoms with Crippen LogP contribution in [0.1, 0.15) is 16.6 Å². The van der Waals surface area contributed by atoms with Gasteiger partial charge < -0.3 is 10.0 Å². The van der Waals surface area contributed by atoms with Crippen LogP contribution >= 0.6 is 11.3 Å². The topological polar surface area (TPSA) is 104 Å². The van der Waals surface area contributed by atoms with Gasteiger partial charge in [-0.2, -0.15) is 0 Å². The first-order chi connectivity index (χ1) is 8.77. The van der Waals surface area contributed by atoms with Gasteiger partial charge in [-0.25, -0.2) is 17.9 Å². The van der Waals surface area contributed by atoms with Crippen LogP contribution < -0.4 is 4.72 Å². The molecule has 1 amide bonds. The van der Waals surface area contributed by atoms with Crippen molar-refractivity contribution in [2.24, 2.45) is 0 Å². The van der Waals surface area contributed by atoms with Crippen molar-refractivity contribution in [3.63, 3.8) is 0 Å². The molecule has 0 aliphatic heterocycles. The molecule has 2 N–H and O–H groups in total. The molecule has 0 fully saturated rings. The summed E-state index contributed by atoms with van der Waals surface area (Å²) < 4.78 is 25.8. The third kappa shape index (κ3) is 4.01. The monoisotopic (exact) mass is 306 g/mol. The highest BCUT2D eigenvalue weighted by Crippen LogP contribution is 2.18. The van der Waals surface area contributed by atoms with Gasteiger partial charge >= 0.3 is 5.97 Å². The largest absolute Gasteiger partial charge is 0.477 e. The highest BCUT2D eigenvalue weighted by Gasteiger charge is 2.20. The number of carbonyl (C=O) groups excluding carboxylic acids is 1. The highest BCUT2D eigenvalue weighted by atomic mass is 32.2. The van der Waals surface area contributed by atoms with E-state index < -0.39 is 16.0 Å². The maximum absolute atomic E-state index is 11.8. The zero-order valence-corrected chi connectivity index (χ0v) is 12.0. The number of hydrogen-bond donors (Lipinski definition) is 2. The van der Waals surface area contributed by atoms with E-state index in [0.29, 0.717) is 6.54 Å². The van der Waals surface area contributed by atoms with Crippen LogP contribution in [-0.2, 0) is 14.8 Å². The molecule has 9 heteroatoms. The Morgan fingerprint density at radius 2 is 2.11 bits per heavy atom. The number of likely N-dealkylation sites (N-methyl/N-ethyl adjacent to an activating group) is 1. The third-order valence-electron chi connectivity index (χ3n) is 2.41. The van der Waals surface area contributed by atoms with Crippen molar-refractivity contribution in [3.05, 3.63) is 16.3 Å². The molecular weight excluding hydrogens is 292 g/mol. The molecule has 0 spiro atoms. The summed E-state index contributed by atoms with van der Waals surface area (Å²) in [5.74, 6) is -1.55. The minimum Gasteiger partial charge on any atom is -0.477 e. The van der Waals surface area contributed by atoms with Gasteiger partial charge in [0.05, 0.1) is 11.4 Å². The molecule has 1 rings (SSSR count). The summed E-state index contributed by atoms with van der Waals surface area (Å²) >= 11 is 0.816. The fourth-order valence-electron chi connectivity index (χ4n) is 1.12. The summed E-state index contributed by atoms with van der Waals surface area (Å²) in [5.41, 5.74) is 0. The Morgan fingerprint density at radius 3 is 2.58 bits per heavy atom. The number of carbonyl (C=O) groups is 2. The Hall–Kier alpha value is -1.45. The second-order valence-corrected chi connectivity index (χ2v) is 6.36. The molecule has 106 valence electrons. The molecule has 0 aliphatic rings. The number of carboxylic acid groups (broad SMARTS) is 1. The van der Waals surface area contributed by atoms with Crippen LogP contribution in [-0.4, -0.2) is 50.4 Å². The fraction of sp³-hybridized carbons (Fsp3) is 0.400. The minimum absolute atomic E-state index is 0.0719. The van der Waals surface area contributed by atoms with Crippen LogP contribution in [0.2, 0.25) is 0 Å². The number of nitrogens with zero attached hydrogens (tertiary/aromatic N) is 1. The molecule has 0 aliphatic carbocycles. The second-order valence-electron chi connectivity index (χ2n) is 3.68. The number of hydrogen-bond acceptors (Lipinski definition) is 5. The van der Waals surface area contributed by atoms with E-state index in [-0.39, 0.29) is 22.2 Å². The van der Waals surface area contributed by atoms with E-state index in [4.69, 9.17) is 5.11 Å². The van der Waals surface area contributed by atoms with Crippen molar-refractivity contribution in [1.29, 1.82) is 0 Å². The first kappa shape index (κ1) is 15.6. The van der Waals surface area contributed by atoms with Crippen molar-refractivity contribution in [2.75, 3.05) is 20.1 Å². The number of rotatable bonds is 6. The molecule has 1 aromatic rings. The molecule has 19 heavy (non-hydrogen) atoms. The van der Waals surface area contributed by atoms with E-state index in [0.717, 1.165) is 17.4 Å². The van der Waals surface area contributed by atoms with Gasteiger partial charge in [0.1, 0.15) is 4.88 Å². The highest BCUT2D eigenvalue weighted by molar-refractivity contribution is 7.89. The van der Waals surface area contributed by atoms with Crippen molar-refractivity contribution >= 4 is 33.2 Å². The lowest BCUT2D eigenvalue weighted by Gasteiger charge is -2.14. The number of aromatic carboxylic acids is 1. The normalized spacial score (nSPS) is 11.3. The van der Waals surface area contributed by atoms with Gasteiger partial charge in [-0.15, -0.1) is 11.3 Å². The zero-order chi connectivity index (χ0) is 14.6. The maximum Gasteiger partial charge on any atom is 0.345 e. The van der Waals surface area contributed by atoms with E-state index in [1.807, 2.05) is 0 Å². The Kier molecular flexibility index (Phi) is 5.04. The van der Waals surface area contributed by atoms with E-state index in [1.165, 1.54) is 10.3 Å². The molecule has 0 aromatic carbocycles. The Morgan fingerprint density at radius 1 is 1.47 bits per heavy atom. The van der Waals surface area contributed by atoms with Crippen LogP contribution in [0.15, 0.2) is 16.3 Å². The lowest BCUT2D eigenvalue weighted by Crippen LogP contribution is -2.37. The quantitative estimate of drug-likeness (QED) is 0.781. The second kappa shape index (κ2) is 6.13. The summed E-state index contributed by atoms with van der Waals surface area (Å²) in [5, 5.41) is 9.94. The van der Waals surface area contributed by atoms with E-state index in [2.05, 4.69) is 4.72 Å². The van der Waals surface area contributed by atoms with Gasteiger partial charge in [-0.1, -0.05) is 0 Å². The molecule has 1 aromatic heterocycles. The van der Waals surface area contributed by atoms with Crippen molar-refractivity contribution < 1.29 is 23.1 Å². The van der Waals surface area contributed by atoms with Gasteiger partial charge in [-0.05, 0) is 13.0 Å². The Bertz CT molecular complexity index is 578. The molecule has 0 radical (unpaired) electrons. The lowest BCUT2D eigenvalue weighted by atomic mass is 10.5. The third-order valence-corrected chi connectivity index (χ3v) is 4.86. The summed E-state index contributed by atoms with van der Waals surface area (Å²) in [4.78, 5) is 23.3. The summed E-state index contributed by atoms with van der Waals surface area (Å²) in [6.45, 7) is 1.89. The number of amides is 1. The first-order valence-electron chi connectivity index (χ1n) is 5.33. The van der Waals surface area contributed by atoms with Crippen molar-refractivity contribution in [3.8, 4) is 0 Å². The predicted octanol–water partition coefficient (Wildman–Crippen LogP) is 0.203. The SMILES string of the molecule is CCN(C)C(=O)CNS(=O)(=O)c1csc(C(=O)O)c1. The molecule has 0 saturated carbocycles. The molecule has 0 unspecified atom stereocenters. The van der Waals surface area contributed by atoms with E-state index in [1.54, 1.807) is 14.0 Å². The van der Waals surface area contributed by atoms with E-state index in [9.17, 15) is 18.0 Å². The van der Waals surface area contributed by atoms with Crippen LogP contribution in [0.4, 0.5) is 0 Å².